The van der Waals surface area contributed by atoms with Gasteiger partial charge in [0.1, 0.15) is 5.82 Å². The third-order valence-electron chi connectivity index (χ3n) is 4.72. The van der Waals surface area contributed by atoms with Crippen LogP contribution in [0, 0.1) is 6.92 Å². The van der Waals surface area contributed by atoms with Crippen LogP contribution in [0.25, 0.3) is 11.4 Å². The minimum absolute atomic E-state index is 0.221. The molecule has 0 aliphatic carbocycles. The Bertz CT molecular complexity index is 925. The van der Waals surface area contributed by atoms with E-state index < -0.39 is 0 Å². The third-order valence-corrected chi connectivity index (χ3v) is 4.72. The molecular weight excluding hydrogens is 336 g/mol. The van der Waals surface area contributed by atoms with E-state index in [1.165, 1.54) is 5.56 Å². The second-order valence-corrected chi connectivity index (χ2v) is 7.00. The van der Waals surface area contributed by atoms with E-state index in [9.17, 15) is 0 Å². The number of nitrogens with zero attached hydrogens (tertiary/aromatic N) is 4. The van der Waals surface area contributed by atoms with Crippen molar-refractivity contribution >= 4 is 5.82 Å². The van der Waals surface area contributed by atoms with Crippen molar-refractivity contribution in [1.82, 2.24) is 25.3 Å². The van der Waals surface area contributed by atoms with Crippen LogP contribution < -0.4 is 10.6 Å². The van der Waals surface area contributed by atoms with Gasteiger partial charge in [-0.15, -0.1) is 0 Å². The molecule has 4 rings (SSSR count). The molecule has 3 aromatic heterocycles. The standard InChI is InChI=1S/C21H24N6/c1-14-4-3-5-17(24-14)12-15(2)25-21-18-8-11-23-13-19(18)26-20(27-21)16-6-9-22-10-7-16/h3-7,9-10,15,23H,8,11-13H2,1-2H3,(H,25,26,27)/t15-/m0/s1. The van der Waals surface area contributed by atoms with Crippen LogP contribution in [0.15, 0.2) is 42.7 Å². The van der Waals surface area contributed by atoms with Crippen molar-refractivity contribution in [3.05, 3.63) is 65.4 Å². The van der Waals surface area contributed by atoms with Gasteiger partial charge >= 0.3 is 0 Å². The molecule has 0 bridgehead atoms. The van der Waals surface area contributed by atoms with Gasteiger partial charge in [-0.25, -0.2) is 9.97 Å². The summed E-state index contributed by atoms with van der Waals surface area (Å²) in [4.78, 5) is 18.4. The van der Waals surface area contributed by atoms with Crippen molar-refractivity contribution in [1.29, 1.82) is 0 Å². The smallest absolute Gasteiger partial charge is 0.161 e. The average molecular weight is 360 g/mol. The van der Waals surface area contributed by atoms with E-state index in [-0.39, 0.29) is 6.04 Å². The van der Waals surface area contributed by atoms with Crippen LogP contribution in [0.1, 0.15) is 29.6 Å². The molecule has 1 aliphatic rings. The van der Waals surface area contributed by atoms with Crippen molar-refractivity contribution in [2.75, 3.05) is 11.9 Å². The molecule has 6 heteroatoms. The van der Waals surface area contributed by atoms with E-state index in [0.717, 1.165) is 60.2 Å². The van der Waals surface area contributed by atoms with E-state index in [1.807, 2.05) is 25.1 Å². The zero-order valence-electron chi connectivity index (χ0n) is 15.7. The fraction of sp³-hybridized carbons (Fsp3) is 0.333. The van der Waals surface area contributed by atoms with Gasteiger partial charge in [-0.1, -0.05) is 6.07 Å². The van der Waals surface area contributed by atoms with Gasteiger partial charge in [0.15, 0.2) is 5.82 Å². The third kappa shape index (κ3) is 4.11. The lowest BCUT2D eigenvalue weighted by molar-refractivity contribution is 0.623. The maximum atomic E-state index is 4.86. The quantitative estimate of drug-likeness (QED) is 0.729. The molecule has 0 saturated heterocycles. The van der Waals surface area contributed by atoms with Gasteiger partial charge in [-0.05, 0) is 51.1 Å². The summed E-state index contributed by atoms with van der Waals surface area (Å²) in [6.07, 6.45) is 5.33. The van der Waals surface area contributed by atoms with Gasteiger partial charge in [-0.3, -0.25) is 9.97 Å². The number of hydrogen-bond acceptors (Lipinski definition) is 6. The molecule has 0 amide bonds. The summed E-state index contributed by atoms with van der Waals surface area (Å²) in [5.41, 5.74) is 5.41. The number of aromatic nitrogens is 4. The summed E-state index contributed by atoms with van der Waals surface area (Å²) in [6, 6.07) is 10.3. The Morgan fingerprint density at radius 1 is 1.11 bits per heavy atom. The molecule has 138 valence electrons. The average Bonchev–Trinajstić information content (AvgIpc) is 2.68. The monoisotopic (exact) mass is 360 g/mol. The van der Waals surface area contributed by atoms with Crippen molar-refractivity contribution < 1.29 is 0 Å². The molecule has 0 radical (unpaired) electrons. The van der Waals surface area contributed by atoms with Crippen molar-refractivity contribution in [2.45, 2.75) is 39.3 Å². The Balaban J connectivity index is 1.62. The summed E-state index contributed by atoms with van der Waals surface area (Å²) in [7, 11) is 0. The molecule has 0 unspecified atom stereocenters. The lowest BCUT2D eigenvalue weighted by Gasteiger charge is -2.23. The number of hydrogen-bond donors (Lipinski definition) is 2. The molecule has 4 heterocycles. The van der Waals surface area contributed by atoms with Crippen LogP contribution in [-0.2, 0) is 19.4 Å². The second-order valence-electron chi connectivity index (χ2n) is 7.00. The number of anilines is 1. The van der Waals surface area contributed by atoms with Gasteiger partial charge in [0.2, 0.25) is 0 Å². The number of rotatable bonds is 5. The van der Waals surface area contributed by atoms with Gasteiger partial charge in [-0.2, -0.15) is 0 Å². The van der Waals surface area contributed by atoms with Crippen molar-refractivity contribution in [3.8, 4) is 11.4 Å². The van der Waals surface area contributed by atoms with Crippen molar-refractivity contribution in [2.24, 2.45) is 0 Å². The Hall–Kier alpha value is -2.86. The molecule has 27 heavy (non-hydrogen) atoms. The number of fused-ring (bicyclic) bond motifs is 1. The molecule has 3 aromatic rings. The first-order valence-corrected chi connectivity index (χ1v) is 9.39. The van der Waals surface area contributed by atoms with E-state index >= 15 is 0 Å². The molecule has 0 aromatic carbocycles. The molecule has 2 N–H and O–H groups in total. The summed E-state index contributed by atoms with van der Waals surface area (Å²) in [5.74, 6) is 1.68. The highest BCUT2D eigenvalue weighted by Gasteiger charge is 2.19. The van der Waals surface area contributed by atoms with Crippen LogP contribution in [-0.4, -0.2) is 32.5 Å². The molecule has 0 saturated carbocycles. The topological polar surface area (TPSA) is 75.6 Å². The predicted molar refractivity (Wildman–Crippen MR) is 106 cm³/mol. The van der Waals surface area contributed by atoms with Crippen LogP contribution in [0.5, 0.6) is 0 Å². The lowest BCUT2D eigenvalue weighted by atomic mass is 10.1. The van der Waals surface area contributed by atoms with Crippen LogP contribution in [0.4, 0.5) is 5.82 Å². The summed E-state index contributed by atoms with van der Waals surface area (Å²) in [6.45, 7) is 5.92. The highest BCUT2D eigenvalue weighted by Crippen LogP contribution is 2.25. The maximum absolute atomic E-state index is 4.86. The molecular formula is C21H24N6. The first kappa shape index (κ1) is 17.5. The molecule has 1 atom stereocenters. The molecule has 1 aliphatic heterocycles. The highest BCUT2D eigenvalue weighted by atomic mass is 15.1. The van der Waals surface area contributed by atoms with Gasteiger partial charge < -0.3 is 10.6 Å². The first-order chi connectivity index (χ1) is 13.2. The minimum atomic E-state index is 0.221. The van der Waals surface area contributed by atoms with E-state index in [0.29, 0.717) is 0 Å². The Morgan fingerprint density at radius 2 is 1.96 bits per heavy atom. The Morgan fingerprint density at radius 3 is 2.78 bits per heavy atom. The zero-order chi connectivity index (χ0) is 18.6. The van der Waals surface area contributed by atoms with Crippen LogP contribution in [0.2, 0.25) is 0 Å². The summed E-state index contributed by atoms with van der Waals surface area (Å²) in [5, 5.41) is 7.02. The van der Waals surface area contributed by atoms with Crippen molar-refractivity contribution in [3.63, 3.8) is 0 Å². The van der Waals surface area contributed by atoms with E-state index in [1.54, 1.807) is 12.4 Å². The van der Waals surface area contributed by atoms with Gasteiger partial charge in [0.05, 0.1) is 5.69 Å². The highest BCUT2D eigenvalue weighted by molar-refractivity contribution is 5.60. The maximum Gasteiger partial charge on any atom is 0.161 e. The summed E-state index contributed by atoms with van der Waals surface area (Å²) >= 11 is 0. The fourth-order valence-corrected chi connectivity index (χ4v) is 3.42. The van der Waals surface area contributed by atoms with Gasteiger partial charge in [0.25, 0.3) is 0 Å². The molecule has 6 nitrogen and oxygen atoms in total. The first-order valence-electron chi connectivity index (χ1n) is 9.39. The fourth-order valence-electron chi connectivity index (χ4n) is 3.42. The zero-order valence-corrected chi connectivity index (χ0v) is 15.7. The van der Waals surface area contributed by atoms with Gasteiger partial charge in [0, 0.05) is 53.9 Å². The van der Waals surface area contributed by atoms with E-state index in [4.69, 9.17) is 9.97 Å². The SMILES string of the molecule is Cc1cccc(C[C@H](C)Nc2nc(-c3ccncc3)nc3c2CCNC3)n1. The molecule has 0 fully saturated rings. The summed E-state index contributed by atoms with van der Waals surface area (Å²) < 4.78 is 0. The van der Waals surface area contributed by atoms with Crippen LogP contribution >= 0.6 is 0 Å². The Kier molecular flexibility index (Phi) is 5.07. The largest absolute Gasteiger partial charge is 0.367 e. The normalized spacial score (nSPS) is 14.4. The number of pyridine rings is 2. The van der Waals surface area contributed by atoms with E-state index in [2.05, 4.69) is 39.7 Å². The second kappa shape index (κ2) is 7.80. The van der Waals surface area contributed by atoms with Crippen LogP contribution in [0.3, 0.4) is 0 Å². The number of nitrogens with one attached hydrogen (secondary N) is 2. The molecule has 0 spiro atoms. The predicted octanol–water partition coefficient (Wildman–Crippen LogP) is 2.93. The number of aryl methyl sites for hydroxylation is 1. The minimum Gasteiger partial charge on any atom is -0.367 e. The lowest BCUT2D eigenvalue weighted by Crippen LogP contribution is -2.28. The Labute approximate surface area is 159 Å².